The van der Waals surface area contributed by atoms with Gasteiger partial charge in [0.2, 0.25) is 5.91 Å². The minimum atomic E-state index is -0.659. The summed E-state index contributed by atoms with van der Waals surface area (Å²) in [4.78, 5) is 30.0. The lowest BCUT2D eigenvalue weighted by Crippen LogP contribution is -2.54. The molecule has 1 amide bonds. The van der Waals surface area contributed by atoms with E-state index in [4.69, 9.17) is 15.5 Å². The number of ether oxygens (including phenoxy) is 1. The van der Waals surface area contributed by atoms with Gasteiger partial charge >= 0.3 is 0 Å². The number of piperazine rings is 1. The number of hydrazone groups is 1. The summed E-state index contributed by atoms with van der Waals surface area (Å²) in [5.74, 6) is 2.45. The molecule has 0 radical (unpaired) electrons. The zero-order valence-electron chi connectivity index (χ0n) is 24.4. The molecule has 3 N–H and O–H groups in total. The number of pyridine rings is 1. The third-order valence-electron chi connectivity index (χ3n) is 7.28. The van der Waals surface area contributed by atoms with Crippen molar-refractivity contribution in [2.75, 3.05) is 54.3 Å². The molecule has 43 heavy (non-hydrogen) atoms. The van der Waals surface area contributed by atoms with E-state index in [0.29, 0.717) is 53.7 Å². The fourth-order valence-corrected chi connectivity index (χ4v) is 5.00. The topological polar surface area (TPSA) is 125 Å². The number of aryl methyl sites for hydroxylation is 1. The predicted molar refractivity (Wildman–Crippen MR) is 169 cm³/mol. The predicted octanol–water partition coefficient (Wildman–Crippen LogP) is 5.07. The third kappa shape index (κ3) is 6.48. The number of fused-ring (bicyclic) bond motifs is 1. The smallest absolute Gasteiger partial charge is 0.246 e. The number of nitrogen functional groups attached to an aromatic ring is 1. The molecule has 11 nitrogen and oxygen atoms in total. The zero-order chi connectivity index (χ0) is 30.5. The highest BCUT2D eigenvalue weighted by Gasteiger charge is 2.27. The standard InChI is InChI=1S/C31H34FN9O2/c1-20-16-22(7-11-27(20)43-23-8-10-26(24(33)17-23)39(4)34-3)37-31-30-25(35-19-36-31)9-12-28(38-30)40-14-15-41(21(2)18-40)29(42)6-5-13-32/h5-12,16-17,19,21H,3,13-15,18,33H2,1-2,4H3,(H,35,36,37)/b6-5+/t21-/m1/s1. The number of benzene rings is 2. The van der Waals surface area contributed by atoms with Crippen LogP contribution in [0, 0.1) is 6.92 Å². The number of nitrogens with two attached hydrogens (primary N) is 1. The van der Waals surface area contributed by atoms with Crippen molar-refractivity contribution in [3.63, 3.8) is 0 Å². The number of hydrogen-bond acceptors (Lipinski definition) is 10. The van der Waals surface area contributed by atoms with Crippen LogP contribution in [0.4, 0.5) is 33.1 Å². The number of anilines is 5. The minimum absolute atomic E-state index is 0.0591. The van der Waals surface area contributed by atoms with Gasteiger partial charge in [0.1, 0.15) is 35.8 Å². The second-order valence-electron chi connectivity index (χ2n) is 10.2. The van der Waals surface area contributed by atoms with Gasteiger partial charge in [0, 0.05) is 57.3 Å². The summed E-state index contributed by atoms with van der Waals surface area (Å²) in [6.45, 7) is 8.52. The zero-order valence-corrected chi connectivity index (χ0v) is 24.4. The molecule has 222 valence electrons. The molecule has 5 rings (SSSR count). The van der Waals surface area contributed by atoms with E-state index >= 15 is 0 Å². The SMILES string of the molecule is C=NN(C)c1ccc(Oc2ccc(Nc3ncnc4ccc(N5CCN(C(=O)/C=C/CF)[C@H](C)C5)nc34)cc2C)cc1N. The van der Waals surface area contributed by atoms with Crippen molar-refractivity contribution in [1.82, 2.24) is 19.9 Å². The molecule has 3 heterocycles. The van der Waals surface area contributed by atoms with Crippen LogP contribution in [0.2, 0.25) is 0 Å². The molecule has 0 aliphatic carbocycles. The van der Waals surface area contributed by atoms with E-state index in [1.165, 1.54) is 18.5 Å². The average molecular weight is 584 g/mol. The Kier molecular flexibility index (Phi) is 8.65. The molecule has 1 atom stereocenters. The first-order valence-electron chi connectivity index (χ1n) is 13.8. The van der Waals surface area contributed by atoms with Gasteiger partial charge in [0.25, 0.3) is 0 Å². The maximum atomic E-state index is 12.5. The maximum Gasteiger partial charge on any atom is 0.246 e. The van der Waals surface area contributed by atoms with Crippen LogP contribution in [0.5, 0.6) is 11.5 Å². The molecule has 1 fully saturated rings. The second-order valence-corrected chi connectivity index (χ2v) is 10.2. The van der Waals surface area contributed by atoms with Crippen molar-refractivity contribution in [3.8, 4) is 11.5 Å². The summed E-state index contributed by atoms with van der Waals surface area (Å²) in [6, 6.07) is 14.9. The Balaban J connectivity index is 1.32. The highest BCUT2D eigenvalue weighted by Crippen LogP contribution is 2.33. The molecule has 0 bridgehead atoms. The van der Waals surface area contributed by atoms with E-state index in [-0.39, 0.29) is 11.9 Å². The number of nitrogens with zero attached hydrogens (tertiary/aromatic N) is 7. The average Bonchev–Trinajstić information content (AvgIpc) is 3.01. The van der Waals surface area contributed by atoms with Crippen LogP contribution < -0.4 is 25.7 Å². The lowest BCUT2D eigenvalue weighted by molar-refractivity contribution is -0.128. The number of carbonyl (C=O) groups excluding carboxylic acids is 1. The molecule has 0 saturated carbocycles. The van der Waals surface area contributed by atoms with E-state index in [9.17, 15) is 9.18 Å². The van der Waals surface area contributed by atoms with E-state index in [1.54, 1.807) is 23.0 Å². The summed E-state index contributed by atoms with van der Waals surface area (Å²) in [6.07, 6.45) is 4.03. The molecule has 0 unspecified atom stereocenters. The number of amides is 1. The number of nitrogens with one attached hydrogen (secondary N) is 1. The van der Waals surface area contributed by atoms with Gasteiger partial charge in [-0.1, -0.05) is 0 Å². The lowest BCUT2D eigenvalue weighted by Gasteiger charge is -2.40. The Bertz CT molecular complexity index is 1680. The Morgan fingerprint density at radius 2 is 2.07 bits per heavy atom. The van der Waals surface area contributed by atoms with E-state index in [2.05, 4.69) is 32.0 Å². The third-order valence-corrected chi connectivity index (χ3v) is 7.28. The van der Waals surface area contributed by atoms with Crippen molar-refractivity contribution in [1.29, 1.82) is 0 Å². The molecule has 0 spiro atoms. The molecule has 12 heteroatoms. The van der Waals surface area contributed by atoms with Gasteiger partial charge in [-0.2, -0.15) is 5.10 Å². The van der Waals surface area contributed by atoms with E-state index in [1.807, 2.05) is 56.3 Å². The number of rotatable bonds is 9. The summed E-state index contributed by atoms with van der Waals surface area (Å²) < 4.78 is 18.6. The molecule has 2 aromatic carbocycles. The fraction of sp³-hybridized carbons (Fsp3) is 0.258. The molecule has 2 aromatic heterocycles. The maximum absolute atomic E-state index is 12.5. The summed E-state index contributed by atoms with van der Waals surface area (Å²) in [5.41, 5.74) is 10.5. The van der Waals surface area contributed by atoms with Gasteiger partial charge in [-0.25, -0.2) is 19.3 Å². The molecule has 1 aliphatic heterocycles. The Hall–Kier alpha value is -5.26. The van der Waals surface area contributed by atoms with Crippen LogP contribution in [0.3, 0.4) is 0 Å². The molecular weight excluding hydrogens is 549 g/mol. The van der Waals surface area contributed by atoms with Gasteiger partial charge in [-0.3, -0.25) is 9.80 Å². The van der Waals surface area contributed by atoms with Crippen molar-refractivity contribution < 1.29 is 13.9 Å². The van der Waals surface area contributed by atoms with Crippen LogP contribution >= 0.6 is 0 Å². The number of halogens is 1. The number of hydrogen-bond donors (Lipinski definition) is 2. The number of alkyl halides is 1. The van der Waals surface area contributed by atoms with Crippen molar-refractivity contribution in [3.05, 3.63) is 72.6 Å². The number of aromatic nitrogens is 3. The van der Waals surface area contributed by atoms with Crippen molar-refractivity contribution in [2.24, 2.45) is 5.10 Å². The molecular formula is C31H34FN9O2. The highest BCUT2D eigenvalue weighted by molar-refractivity contribution is 5.89. The first-order valence-corrected chi connectivity index (χ1v) is 13.8. The van der Waals surface area contributed by atoms with Crippen molar-refractivity contribution >= 4 is 52.4 Å². The van der Waals surface area contributed by atoms with Crippen LogP contribution in [0.1, 0.15) is 12.5 Å². The first-order chi connectivity index (χ1) is 20.8. The largest absolute Gasteiger partial charge is 0.457 e. The summed E-state index contributed by atoms with van der Waals surface area (Å²) in [7, 11) is 1.77. The van der Waals surface area contributed by atoms with Crippen molar-refractivity contribution in [2.45, 2.75) is 19.9 Å². The van der Waals surface area contributed by atoms with Crippen LogP contribution in [0.15, 0.2) is 72.1 Å². The van der Waals surface area contributed by atoms with Gasteiger partial charge in [0.05, 0.1) is 16.9 Å². The molecule has 4 aromatic rings. The first kappa shape index (κ1) is 29.2. The van der Waals surface area contributed by atoms with Crippen LogP contribution in [-0.2, 0) is 4.79 Å². The van der Waals surface area contributed by atoms with Gasteiger partial charge < -0.3 is 25.6 Å². The molecule has 1 saturated heterocycles. The minimum Gasteiger partial charge on any atom is -0.457 e. The normalized spacial score (nSPS) is 15.1. The summed E-state index contributed by atoms with van der Waals surface area (Å²) in [5, 5.41) is 8.84. The van der Waals surface area contributed by atoms with E-state index in [0.717, 1.165) is 22.8 Å². The van der Waals surface area contributed by atoms with Gasteiger partial charge in [-0.05, 0) is 68.0 Å². The Labute approximate surface area is 249 Å². The Morgan fingerprint density at radius 3 is 2.79 bits per heavy atom. The number of carbonyl (C=O) groups is 1. The van der Waals surface area contributed by atoms with Crippen LogP contribution in [0.25, 0.3) is 11.0 Å². The quantitative estimate of drug-likeness (QED) is 0.120. The molecule has 1 aliphatic rings. The number of allylic oxidation sites excluding steroid dienone is 1. The van der Waals surface area contributed by atoms with Gasteiger partial charge in [-0.15, -0.1) is 0 Å². The lowest BCUT2D eigenvalue weighted by atomic mass is 10.1. The fourth-order valence-electron chi connectivity index (χ4n) is 5.00. The highest BCUT2D eigenvalue weighted by atomic mass is 19.1. The van der Waals surface area contributed by atoms with E-state index < -0.39 is 6.67 Å². The van der Waals surface area contributed by atoms with Crippen LogP contribution in [-0.4, -0.2) is 71.9 Å². The second kappa shape index (κ2) is 12.7. The summed E-state index contributed by atoms with van der Waals surface area (Å²) >= 11 is 0. The van der Waals surface area contributed by atoms with Gasteiger partial charge in [0.15, 0.2) is 5.82 Å². The monoisotopic (exact) mass is 583 g/mol. The Morgan fingerprint density at radius 1 is 1.23 bits per heavy atom.